The van der Waals surface area contributed by atoms with E-state index in [1.165, 1.54) is 6.26 Å². The smallest absolute Gasteiger partial charge is 0.259 e. The molecule has 2 amide bonds. The monoisotopic (exact) mass is 372 g/mol. The minimum atomic E-state index is -0.425. The van der Waals surface area contributed by atoms with E-state index < -0.39 is 11.8 Å². The van der Waals surface area contributed by atoms with Gasteiger partial charge < -0.3 is 13.7 Å². The summed E-state index contributed by atoms with van der Waals surface area (Å²) in [6, 6.07) is 13.1. The lowest BCUT2D eigenvalue weighted by Gasteiger charge is -2.04. The number of carbonyl (C=O) groups is 2. The van der Waals surface area contributed by atoms with E-state index in [0.717, 1.165) is 16.3 Å². The quantitative estimate of drug-likeness (QED) is 0.559. The largest absolute Gasteiger partial charge is 0.497 e. The van der Waals surface area contributed by atoms with Crippen LogP contribution in [0.15, 0.2) is 59.3 Å². The number of rotatable bonds is 3. The normalized spacial score (nSPS) is 14.4. The molecule has 28 heavy (non-hydrogen) atoms. The van der Waals surface area contributed by atoms with Crippen LogP contribution in [0, 0.1) is 0 Å². The summed E-state index contributed by atoms with van der Waals surface area (Å²) in [5.41, 5.74) is 3.55. The SMILES string of the molecule is COc1ccc2c(c1)c(C1=C(c3coc4ccccc34)C(=O)NC1=O)cn2C. The summed E-state index contributed by atoms with van der Waals surface area (Å²) in [5.74, 6) is -0.160. The summed E-state index contributed by atoms with van der Waals surface area (Å²) in [6.45, 7) is 0. The van der Waals surface area contributed by atoms with Gasteiger partial charge in [-0.1, -0.05) is 18.2 Å². The maximum Gasteiger partial charge on any atom is 0.259 e. The zero-order chi connectivity index (χ0) is 19.4. The van der Waals surface area contributed by atoms with Crippen LogP contribution in [0.2, 0.25) is 0 Å². The molecule has 6 heteroatoms. The molecule has 1 aliphatic heterocycles. The molecular weight excluding hydrogens is 356 g/mol. The lowest BCUT2D eigenvalue weighted by atomic mass is 9.95. The first-order chi connectivity index (χ1) is 13.6. The molecule has 2 aromatic carbocycles. The van der Waals surface area contributed by atoms with Crippen LogP contribution in [0.4, 0.5) is 0 Å². The number of nitrogens with one attached hydrogen (secondary N) is 1. The number of benzene rings is 2. The Labute approximate surface area is 160 Å². The van der Waals surface area contributed by atoms with Crippen molar-refractivity contribution in [1.82, 2.24) is 9.88 Å². The predicted molar refractivity (Wildman–Crippen MR) is 106 cm³/mol. The van der Waals surface area contributed by atoms with E-state index in [4.69, 9.17) is 9.15 Å². The molecule has 5 rings (SSSR count). The van der Waals surface area contributed by atoms with Crippen molar-refractivity contribution in [1.29, 1.82) is 0 Å². The highest BCUT2D eigenvalue weighted by molar-refractivity contribution is 6.50. The predicted octanol–water partition coefficient (Wildman–Crippen LogP) is 3.50. The third-order valence-electron chi connectivity index (χ3n) is 5.15. The number of aromatic nitrogens is 1. The first-order valence-electron chi connectivity index (χ1n) is 8.78. The van der Waals surface area contributed by atoms with Crippen molar-refractivity contribution in [2.75, 3.05) is 7.11 Å². The second kappa shape index (κ2) is 5.85. The van der Waals surface area contributed by atoms with Crippen LogP contribution in [0.5, 0.6) is 5.75 Å². The van der Waals surface area contributed by atoms with Crippen LogP contribution >= 0.6 is 0 Å². The summed E-state index contributed by atoms with van der Waals surface area (Å²) in [6.07, 6.45) is 3.39. The van der Waals surface area contributed by atoms with Gasteiger partial charge in [0.15, 0.2) is 0 Å². The van der Waals surface area contributed by atoms with Crippen molar-refractivity contribution < 1.29 is 18.7 Å². The molecule has 138 valence electrons. The number of methoxy groups -OCH3 is 1. The molecular formula is C22H16N2O4. The van der Waals surface area contributed by atoms with Crippen molar-refractivity contribution in [3.63, 3.8) is 0 Å². The lowest BCUT2D eigenvalue weighted by Crippen LogP contribution is -2.22. The van der Waals surface area contributed by atoms with Crippen LogP contribution < -0.4 is 10.1 Å². The summed E-state index contributed by atoms with van der Waals surface area (Å²) in [5, 5.41) is 4.07. The van der Waals surface area contributed by atoms with E-state index in [1.807, 2.05) is 60.3 Å². The number of nitrogens with zero attached hydrogens (tertiary/aromatic N) is 1. The second-order valence-electron chi connectivity index (χ2n) is 6.72. The molecule has 0 saturated carbocycles. The number of amides is 2. The minimum Gasteiger partial charge on any atom is -0.497 e. The number of aryl methyl sites for hydroxylation is 1. The number of para-hydroxylation sites is 1. The van der Waals surface area contributed by atoms with Crippen LogP contribution in [0.3, 0.4) is 0 Å². The van der Waals surface area contributed by atoms with Gasteiger partial charge in [-0.25, -0.2) is 0 Å². The van der Waals surface area contributed by atoms with E-state index >= 15 is 0 Å². The maximum absolute atomic E-state index is 12.8. The van der Waals surface area contributed by atoms with Gasteiger partial charge in [0.05, 0.1) is 24.5 Å². The van der Waals surface area contributed by atoms with E-state index in [0.29, 0.717) is 33.6 Å². The summed E-state index contributed by atoms with van der Waals surface area (Å²) < 4.78 is 12.9. The van der Waals surface area contributed by atoms with Crippen molar-refractivity contribution in [3.8, 4) is 5.75 Å². The summed E-state index contributed by atoms with van der Waals surface area (Å²) in [4.78, 5) is 25.5. The molecule has 3 heterocycles. The third-order valence-corrected chi connectivity index (χ3v) is 5.15. The van der Waals surface area contributed by atoms with Gasteiger partial charge >= 0.3 is 0 Å². The Morgan fingerprint density at radius 3 is 2.50 bits per heavy atom. The molecule has 0 spiro atoms. The van der Waals surface area contributed by atoms with Crippen molar-refractivity contribution in [3.05, 3.63) is 66.1 Å². The van der Waals surface area contributed by atoms with Crippen molar-refractivity contribution >= 4 is 44.8 Å². The first kappa shape index (κ1) is 16.4. The van der Waals surface area contributed by atoms with Crippen LogP contribution in [0.1, 0.15) is 11.1 Å². The molecule has 0 aliphatic carbocycles. The molecule has 0 unspecified atom stereocenters. The van der Waals surface area contributed by atoms with E-state index in [9.17, 15) is 9.59 Å². The van der Waals surface area contributed by atoms with Crippen molar-refractivity contribution in [2.24, 2.45) is 7.05 Å². The molecule has 6 nitrogen and oxygen atoms in total. The number of hydrogen-bond donors (Lipinski definition) is 1. The summed E-state index contributed by atoms with van der Waals surface area (Å²) in [7, 11) is 3.50. The van der Waals surface area contributed by atoms with E-state index in [1.54, 1.807) is 7.11 Å². The number of furan rings is 1. The molecule has 0 atom stereocenters. The van der Waals surface area contributed by atoms with Gasteiger partial charge in [-0.15, -0.1) is 0 Å². The van der Waals surface area contributed by atoms with Gasteiger partial charge in [0, 0.05) is 40.7 Å². The fourth-order valence-electron chi connectivity index (χ4n) is 3.84. The van der Waals surface area contributed by atoms with Crippen LogP contribution in [-0.4, -0.2) is 23.5 Å². The Morgan fingerprint density at radius 2 is 1.71 bits per heavy atom. The topological polar surface area (TPSA) is 73.5 Å². The lowest BCUT2D eigenvalue weighted by molar-refractivity contribution is -0.122. The summed E-state index contributed by atoms with van der Waals surface area (Å²) >= 11 is 0. The first-order valence-corrected chi connectivity index (χ1v) is 8.78. The molecule has 0 bridgehead atoms. The van der Waals surface area contributed by atoms with Crippen molar-refractivity contribution in [2.45, 2.75) is 0 Å². The number of hydrogen-bond acceptors (Lipinski definition) is 4. The highest BCUT2D eigenvalue weighted by atomic mass is 16.5. The molecule has 0 saturated heterocycles. The highest BCUT2D eigenvalue weighted by Gasteiger charge is 2.35. The Hall–Kier alpha value is -3.80. The maximum atomic E-state index is 12.8. The number of carbonyl (C=O) groups excluding carboxylic acids is 2. The van der Waals surface area contributed by atoms with Gasteiger partial charge in [-0.3, -0.25) is 14.9 Å². The van der Waals surface area contributed by atoms with E-state index in [2.05, 4.69) is 5.32 Å². The van der Waals surface area contributed by atoms with Crippen LogP contribution in [-0.2, 0) is 16.6 Å². The molecule has 0 fully saturated rings. The van der Waals surface area contributed by atoms with Gasteiger partial charge in [0.25, 0.3) is 11.8 Å². The Morgan fingerprint density at radius 1 is 0.964 bits per heavy atom. The zero-order valence-corrected chi connectivity index (χ0v) is 15.3. The third kappa shape index (κ3) is 2.21. The van der Waals surface area contributed by atoms with Gasteiger partial charge in [-0.05, 0) is 24.3 Å². The van der Waals surface area contributed by atoms with Gasteiger partial charge in [0.2, 0.25) is 0 Å². The molecule has 2 aromatic heterocycles. The number of imide groups is 1. The van der Waals surface area contributed by atoms with Crippen LogP contribution in [0.25, 0.3) is 33.0 Å². The zero-order valence-electron chi connectivity index (χ0n) is 15.3. The number of ether oxygens (including phenoxy) is 1. The fraction of sp³-hybridized carbons (Fsp3) is 0.0909. The Bertz CT molecular complexity index is 1320. The molecule has 1 N–H and O–H groups in total. The standard InChI is InChI=1S/C22H16N2O4/c1-24-10-15(14-9-12(27-2)7-8-17(14)24)19-20(22(26)23-21(19)25)16-11-28-18-6-4-3-5-13(16)18/h3-11H,1-2H3,(H,23,25,26). The van der Waals surface area contributed by atoms with Gasteiger partial charge in [-0.2, -0.15) is 0 Å². The highest BCUT2D eigenvalue weighted by Crippen LogP contribution is 2.39. The second-order valence-corrected chi connectivity index (χ2v) is 6.72. The number of fused-ring (bicyclic) bond motifs is 2. The fourth-order valence-corrected chi connectivity index (χ4v) is 3.84. The van der Waals surface area contributed by atoms with Gasteiger partial charge in [0.1, 0.15) is 11.3 Å². The average Bonchev–Trinajstić information content (AvgIpc) is 3.34. The molecule has 4 aromatic rings. The molecule has 1 aliphatic rings. The Kier molecular flexibility index (Phi) is 3.42. The average molecular weight is 372 g/mol. The molecule has 0 radical (unpaired) electrons. The minimum absolute atomic E-state index is 0.324. The van der Waals surface area contributed by atoms with E-state index in [-0.39, 0.29) is 0 Å². The Balaban J connectivity index is 1.85.